The number of fused-ring (bicyclic) bond motifs is 1. The van der Waals surface area contributed by atoms with Crippen molar-refractivity contribution < 1.29 is 12.8 Å². The molecule has 134 valence electrons. The van der Waals surface area contributed by atoms with Crippen molar-refractivity contribution in [2.75, 3.05) is 6.54 Å². The number of hydrogen-bond acceptors (Lipinski definition) is 2. The number of hydrogen-bond donors (Lipinski definition) is 0. The number of halogens is 2. The van der Waals surface area contributed by atoms with Crippen LogP contribution in [0.5, 0.6) is 0 Å². The van der Waals surface area contributed by atoms with Gasteiger partial charge in [0.1, 0.15) is 10.7 Å². The van der Waals surface area contributed by atoms with Crippen molar-refractivity contribution in [1.82, 2.24) is 8.87 Å². The molecule has 4 rings (SSSR count). The highest BCUT2D eigenvalue weighted by atomic mass is 35.5. The first-order valence-electron chi connectivity index (χ1n) is 8.15. The Morgan fingerprint density at radius 1 is 0.962 bits per heavy atom. The maximum atomic E-state index is 13.4. The summed E-state index contributed by atoms with van der Waals surface area (Å²) in [5.41, 5.74) is 1.56. The zero-order chi connectivity index (χ0) is 18.3. The van der Waals surface area contributed by atoms with Crippen LogP contribution in [0.15, 0.2) is 71.8 Å². The van der Waals surface area contributed by atoms with E-state index in [9.17, 15) is 12.8 Å². The molecule has 1 aromatic heterocycles. The van der Waals surface area contributed by atoms with Crippen LogP contribution >= 0.6 is 11.6 Å². The van der Waals surface area contributed by atoms with Gasteiger partial charge < -0.3 is 4.57 Å². The van der Waals surface area contributed by atoms with Crippen molar-refractivity contribution in [3.05, 3.63) is 89.0 Å². The average molecular weight is 391 g/mol. The number of sulfonamides is 1. The lowest BCUT2D eigenvalue weighted by Gasteiger charge is -2.36. The smallest absolute Gasteiger partial charge is 0.245 e. The normalized spacial score (nSPS) is 17.8. The number of nitrogens with zero attached hydrogens (tertiary/aromatic N) is 2. The van der Waals surface area contributed by atoms with Crippen molar-refractivity contribution in [2.45, 2.75) is 17.5 Å². The van der Waals surface area contributed by atoms with E-state index in [2.05, 4.69) is 0 Å². The summed E-state index contributed by atoms with van der Waals surface area (Å²) in [4.78, 5) is 0.0776. The van der Waals surface area contributed by atoms with Gasteiger partial charge in [0, 0.05) is 25.0 Å². The Labute approximate surface area is 156 Å². The van der Waals surface area contributed by atoms with Gasteiger partial charge in [0.25, 0.3) is 0 Å². The highest BCUT2D eigenvalue weighted by molar-refractivity contribution is 7.89. The van der Waals surface area contributed by atoms with E-state index in [4.69, 9.17) is 11.6 Å². The van der Waals surface area contributed by atoms with Crippen LogP contribution in [0.3, 0.4) is 0 Å². The van der Waals surface area contributed by atoms with Crippen molar-refractivity contribution in [3.8, 4) is 0 Å². The number of aromatic nitrogens is 1. The van der Waals surface area contributed by atoms with Gasteiger partial charge in [-0.3, -0.25) is 0 Å². The first-order valence-corrected chi connectivity index (χ1v) is 9.97. The summed E-state index contributed by atoms with van der Waals surface area (Å²) in [7, 11) is -3.83. The standard InChI is InChI=1S/C19H16ClFN2O2S/c20-16-4-1-2-6-18(16)26(24,25)23-13-12-22-11-3-5-17(22)19(23)14-7-9-15(21)10-8-14/h1-11,19H,12-13H2. The molecule has 26 heavy (non-hydrogen) atoms. The van der Waals surface area contributed by atoms with E-state index in [1.807, 2.05) is 22.9 Å². The second-order valence-corrected chi connectivity index (χ2v) is 8.39. The van der Waals surface area contributed by atoms with Gasteiger partial charge in [0.05, 0.1) is 11.1 Å². The Morgan fingerprint density at radius 3 is 2.42 bits per heavy atom. The van der Waals surface area contributed by atoms with Crippen LogP contribution in [-0.4, -0.2) is 23.8 Å². The molecule has 1 atom stereocenters. The molecule has 7 heteroatoms. The second-order valence-electron chi connectivity index (χ2n) is 6.13. The topological polar surface area (TPSA) is 42.3 Å². The molecule has 2 heterocycles. The van der Waals surface area contributed by atoms with Crippen LogP contribution in [0.1, 0.15) is 17.3 Å². The van der Waals surface area contributed by atoms with E-state index < -0.39 is 16.1 Å². The molecule has 2 aromatic carbocycles. The van der Waals surface area contributed by atoms with E-state index in [0.29, 0.717) is 18.7 Å². The summed E-state index contributed by atoms with van der Waals surface area (Å²) < 4.78 is 43.5. The summed E-state index contributed by atoms with van der Waals surface area (Å²) in [5, 5.41) is 0.186. The van der Waals surface area contributed by atoms with Crippen molar-refractivity contribution >= 4 is 21.6 Å². The predicted octanol–water partition coefficient (Wildman–Crippen LogP) is 4.07. The Bertz CT molecular complexity index is 1050. The second kappa shape index (κ2) is 6.54. The van der Waals surface area contributed by atoms with Crippen molar-refractivity contribution in [1.29, 1.82) is 0 Å². The zero-order valence-electron chi connectivity index (χ0n) is 13.7. The lowest BCUT2D eigenvalue weighted by atomic mass is 10.0. The molecule has 0 spiro atoms. The maximum Gasteiger partial charge on any atom is 0.245 e. The van der Waals surface area contributed by atoms with Gasteiger partial charge in [-0.25, -0.2) is 12.8 Å². The molecule has 3 aromatic rings. The fourth-order valence-corrected chi connectivity index (χ4v) is 5.46. The van der Waals surface area contributed by atoms with E-state index in [0.717, 1.165) is 5.69 Å². The third kappa shape index (κ3) is 2.84. The first kappa shape index (κ1) is 17.3. The van der Waals surface area contributed by atoms with Gasteiger partial charge >= 0.3 is 0 Å². The lowest BCUT2D eigenvalue weighted by molar-refractivity contribution is 0.298. The van der Waals surface area contributed by atoms with Crippen LogP contribution < -0.4 is 0 Å². The number of benzene rings is 2. The molecule has 0 fully saturated rings. The van der Waals surface area contributed by atoms with Crippen LogP contribution in [0.2, 0.25) is 5.02 Å². The maximum absolute atomic E-state index is 13.4. The molecule has 1 aliphatic heterocycles. The molecule has 1 aliphatic rings. The molecule has 0 aliphatic carbocycles. The van der Waals surface area contributed by atoms with Crippen LogP contribution in [0.4, 0.5) is 4.39 Å². The van der Waals surface area contributed by atoms with Gasteiger partial charge in [-0.15, -0.1) is 0 Å². The summed E-state index contributed by atoms with van der Waals surface area (Å²) in [6.45, 7) is 0.848. The largest absolute Gasteiger partial charge is 0.348 e. The minimum absolute atomic E-state index is 0.0776. The Balaban J connectivity index is 1.87. The Hall–Kier alpha value is -2.15. The van der Waals surface area contributed by atoms with Crippen molar-refractivity contribution in [3.63, 3.8) is 0 Å². The molecule has 0 amide bonds. The molecule has 4 nitrogen and oxygen atoms in total. The third-order valence-corrected chi connectivity index (χ3v) is 6.97. The monoisotopic (exact) mass is 390 g/mol. The zero-order valence-corrected chi connectivity index (χ0v) is 15.3. The average Bonchev–Trinajstić information content (AvgIpc) is 3.10. The molecular weight excluding hydrogens is 375 g/mol. The minimum atomic E-state index is -3.83. The van der Waals surface area contributed by atoms with E-state index in [1.54, 1.807) is 30.3 Å². The van der Waals surface area contributed by atoms with Gasteiger partial charge in [-0.1, -0.05) is 35.9 Å². The molecule has 0 saturated carbocycles. The Kier molecular flexibility index (Phi) is 4.34. The van der Waals surface area contributed by atoms with Crippen LogP contribution in [0.25, 0.3) is 0 Å². The number of rotatable bonds is 3. The van der Waals surface area contributed by atoms with E-state index >= 15 is 0 Å². The SMILES string of the molecule is O=S(=O)(c1ccccc1Cl)N1CCn2cccc2C1c1ccc(F)cc1. The van der Waals surface area contributed by atoms with Crippen LogP contribution in [-0.2, 0) is 16.6 Å². The van der Waals surface area contributed by atoms with Gasteiger partial charge in [-0.05, 0) is 42.0 Å². The fraction of sp³-hybridized carbons (Fsp3) is 0.158. The van der Waals surface area contributed by atoms with E-state index in [1.165, 1.54) is 22.5 Å². The van der Waals surface area contributed by atoms with Crippen molar-refractivity contribution in [2.24, 2.45) is 0 Å². The Morgan fingerprint density at radius 2 is 1.69 bits per heavy atom. The summed E-state index contributed by atoms with van der Waals surface area (Å²) in [5.74, 6) is -0.361. The van der Waals surface area contributed by atoms with E-state index in [-0.39, 0.29) is 15.7 Å². The molecule has 0 saturated heterocycles. The molecule has 0 bridgehead atoms. The minimum Gasteiger partial charge on any atom is -0.348 e. The summed E-state index contributed by atoms with van der Waals surface area (Å²) >= 11 is 6.16. The van der Waals surface area contributed by atoms with Gasteiger partial charge in [0.15, 0.2) is 0 Å². The highest BCUT2D eigenvalue weighted by Gasteiger charge is 2.38. The summed E-state index contributed by atoms with van der Waals surface area (Å²) in [6, 6.07) is 15.6. The van der Waals surface area contributed by atoms with Crippen LogP contribution in [0, 0.1) is 5.82 Å². The molecular formula is C19H16ClFN2O2S. The first-order chi connectivity index (χ1) is 12.5. The lowest BCUT2D eigenvalue weighted by Crippen LogP contribution is -2.42. The quantitative estimate of drug-likeness (QED) is 0.676. The summed E-state index contributed by atoms with van der Waals surface area (Å²) in [6.07, 6.45) is 1.92. The molecule has 1 unspecified atom stereocenters. The molecule has 0 N–H and O–H groups in total. The molecule has 0 radical (unpaired) electrons. The van der Waals surface area contributed by atoms with Gasteiger partial charge in [0.2, 0.25) is 10.0 Å². The highest BCUT2D eigenvalue weighted by Crippen LogP contribution is 2.37. The fourth-order valence-electron chi connectivity index (χ4n) is 3.38. The van der Waals surface area contributed by atoms with Gasteiger partial charge in [-0.2, -0.15) is 4.31 Å². The third-order valence-electron chi connectivity index (χ3n) is 4.60. The predicted molar refractivity (Wildman–Crippen MR) is 98.0 cm³/mol.